The predicted octanol–water partition coefficient (Wildman–Crippen LogP) is 0.788. The summed E-state index contributed by atoms with van der Waals surface area (Å²) in [6.07, 6.45) is 0. The number of nitrogens with zero attached hydrogens (tertiary/aromatic N) is 1. The van der Waals surface area contributed by atoms with Crippen LogP contribution in [0.15, 0.2) is 40.3 Å². The van der Waals surface area contributed by atoms with E-state index in [1.165, 1.54) is 18.2 Å². The largest absolute Gasteiger partial charge is 0.508 e. The van der Waals surface area contributed by atoms with Crippen molar-refractivity contribution in [3.63, 3.8) is 0 Å². The van der Waals surface area contributed by atoms with Crippen molar-refractivity contribution in [2.75, 3.05) is 16.8 Å². The predicted molar refractivity (Wildman–Crippen MR) is 76.7 cm³/mol. The number of benzene rings is 1. The van der Waals surface area contributed by atoms with E-state index in [2.05, 4.69) is 15.3 Å². The molecule has 8 heteroatoms. The van der Waals surface area contributed by atoms with Crippen molar-refractivity contribution in [3.8, 4) is 5.75 Å². The summed E-state index contributed by atoms with van der Waals surface area (Å²) >= 11 is 1.07. The number of anilines is 2. The molecule has 0 bridgehead atoms. The molecule has 2 rings (SSSR count). The SMILES string of the molecule is Nc1cc(=O)[nH]c(SCC(=O)Nc2ccc(O)cc2)n1. The number of hydrogen-bond donors (Lipinski definition) is 4. The number of aromatic amines is 1. The molecule has 1 aromatic heterocycles. The van der Waals surface area contributed by atoms with E-state index in [9.17, 15) is 9.59 Å². The van der Waals surface area contributed by atoms with Gasteiger partial charge in [0.1, 0.15) is 11.6 Å². The third-order valence-electron chi connectivity index (χ3n) is 2.23. The average molecular weight is 292 g/mol. The van der Waals surface area contributed by atoms with Crippen LogP contribution in [0.3, 0.4) is 0 Å². The number of thioether (sulfide) groups is 1. The van der Waals surface area contributed by atoms with Gasteiger partial charge >= 0.3 is 0 Å². The fraction of sp³-hybridized carbons (Fsp3) is 0.0833. The highest BCUT2D eigenvalue weighted by atomic mass is 32.2. The number of phenolic OH excluding ortho intramolecular Hbond substituents is 1. The molecule has 0 unspecified atom stereocenters. The van der Waals surface area contributed by atoms with Crippen LogP contribution in [0.4, 0.5) is 11.5 Å². The Labute approximate surface area is 118 Å². The van der Waals surface area contributed by atoms with Crippen molar-refractivity contribution < 1.29 is 9.90 Å². The van der Waals surface area contributed by atoms with Crippen molar-refractivity contribution in [3.05, 3.63) is 40.7 Å². The second kappa shape index (κ2) is 6.11. The van der Waals surface area contributed by atoms with Crippen LogP contribution in [0.2, 0.25) is 0 Å². The Morgan fingerprint density at radius 3 is 2.75 bits per heavy atom. The normalized spacial score (nSPS) is 10.2. The maximum Gasteiger partial charge on any atom is 0.253 e. The number of aromatic nitrogens is 2. The van der Waals surface area contributed by atoms with E-state index in [4.69, 9.17) is 10.8 Å². The first kappa shape index (κ1) is 13.9. The van der Waals surface area contributed by atoms with Gasteiger partial charge in [-0.05, 0) is 24.3 Å². The fourth-order valence-electron chi connectivity index (χ4n) is 1.40. The first-order valence-corrected chi connectivity index (χ1v) is 6.60. The summed E-state index contributed by atoms with van der Waals surface area (Å²) in [5, 5.41) is 12.1. The van der Waals surface area contributed by atoms with Gasteiger partial charge in [-0.3, -0.25) is 9.59 Å². The molecular formula is C12H12N4O3S. The lowest BCUT2D eigenvalue weighted by Crippen LogP contribution is -2.15. The van der Waals surface area contributed by atoms with Gasteiger partial charge in [-0.1, -0.05) is 11.8 Å². The highest BCUT2D eigenvalue weighted by Crippen LogP contribution is 2.15. The minimum Gasteiger partial charge on any atom is -0.508 e. The van der Waals surface area contributed by atoms with E-state index >= 15 is 0 Å². The zero-order valence-electron chi connectivity index (χ0n) is 10.3. The van der Waals surface area contributed by atoms with Gasteiger partial charge in [-0.2, -0.15) is 0 Å². The van der Waals surface area contributed by atoms with Gasteiger partial charge in [0, 0.05) is 11.8 Å². The Bertz CT molecular complexity index is 669. The molecule has 0 aliphatic carbocycles. The Morgan fingerprint density at radius 1 is 1.40 bits per heavy atom. The Morgan fingerprint density at radius 2 is 2.10 bits per heavy atom. The summed E-state index contributed by atoms with van der Waals surface area (Å²) in [6.45, 7) is 0. The van der Waals surface area contributed by atoms with Crippen LogP contribution in [-0.4, -0.2) is 26.7 Å². The topological polar surface area (TPSA) is 121 Å². The molecule has 20 heavy (non-hydrogen) atoms. The number of nitrogens with two attached hydrogens (primary N) is 1. The van der Waals surface area contributed by atoms with Crippen molar-refractivity contribution in [2.24, 2.45) is 0 Å². The van der Waals surface area contributed by atoms with Crippen LogP contribution in [-0.2, 0) is 4.79 Å². The van der Waals surface area contributed by atoms with Crippen LogP contribution in [0.25, 0.3) is 0 Å². The van der Waals surface area contributed by atoms with Crippen LogP contribution >= 0.6 is 11.8 Å². The van der Waals surface area contributed by atoms with Gasteiger partial charge in [-0.25, -0.2) is 4.98 Å². The zero-order valence-corrected chi connectivity index (χ0v) is 11.1. The summed E-state index contributed by atoms with van der Waals surface area (Å²) in [7, 11) is 0. The molecule has 2 aromatic rings. The van der Waals surface area contributed by atoms with Gasteiger partial charge in [0.25, 0.3) is 5.56 Å². The minimum absolute atomic E-state index is 0.0767. The van der Waals surface area contributed by atoms with Crippen LogP contribution in [0.5, 0.6) is 5.75 Å². The lowest BCUT2D eigenvalue weighted by atomic mass is 10.3. The van der Waals surface area contributed by atoms with E-state index in [1.54, 1.807) is 12.1 Å². The molecule has 0 saturated carbocycles. The second-order valence-electron chi connectivity index (χ2n) is 3.86. The number of nitrogen functional groups attached to an aromatic ring is 1. The number of carbonyl (C=O) groups is 1. The van der Waals surface area contributed by atoms with E-state index in [0.717, 1.165) is 11.8 Å². The number of carbonyl (C=O) groups excluding carboxylic acids is 1. The van der Waals surface area contributed by atoms with Crippen LogP contribution in [0.1, 0.15) is 0 Å². The maximum absolute atomic E-state index is 11.7. The van der Waals surface area contributed by atoms with Crippen LogP contribution in [0, 0.1) is 0 Å². The van der Waals surface area contributed by atoms with Crippen molar-refractivity contribution in [1.82, 2.24) is 9.97 Å². The van der Waals surface area contributed by atoms with Crippen molar-refractivity contribution in [2.45, 2.75) is 5.16 Å². The number of nitrogens with one attached hydrogen (secondary N) is 2. The Balaban J connectivity index is 1.92. The van der Waals surface area contributed by atoms with Gasteiger partial charge in [0.05, 0.1) is 5.75 Å². The number of hydrogen-bond acceptors (Lipinski definition) is 6. The Hall–Kier alpha value is -2.48. The van der Waals surface area contributed by atoms with Gasteiger partial charge < -0.3 is 21.1 Å². The van der Waals surface area contributed by atoms with Crippen LogP contribution < -0.4 is 16.6 Å². The molecule has 1 aromatic carbocycles. The number of rotatable bonds is 4. The smallest absolute Gasteiger partial charge is 0.253 e. The number of amides is 1. The highest BCUT2D eigenvalue weighted by molar-refractivity contribution is 7.99. The van der Waals surface area contributed by atoms with E-state index in [1.807, 2.05) is 0 Å². The minimum atomic E-state index is -0.362. The lowest BCUT2D eigenvalue weighted by molar-refractivity contribution is -0.113. The number of H-pyrrole nitrogens is 1. The molecule has 1 amide bonds. The highest BCUT2D eigenvalue weighted by Gasteiger charge is 2.06. The molecule has 104 valence electrons. The molecule has 0 saturated heterocycles. The van der Waals surface area contributed by atoms with Crippen molar-refractivity contribution >= 4 is 29.2 Å². The molecule has 5 N–H and O–H groups in total. The summed E-state index contributed by atoms with van der Waals surface area (Å²) in [4.78, 5) is 29.2. The van der Waals surface area contributed by atoms with E-state index in [0.29, 0.717) is 5.69 Å². The molecule has 0 aliphatic rings. The molecule has 0 fully saturated rings. The summed E-state index contributed by atoms with van der Waals surface area (Å²) in [5.74, 6) is 0.0488. The van der Waals surface area contributed by atoms with Gasteiger partial charge in [0.15, 0.2) is 5.16 Å². The standard InChI is InChI=1S/C12H12N4O3S/c13-9-5-10(18)16-12(15-9)20-6-11(19)14-7-1-3-8(17)4-2-7/h1-5,17H,6H2,(H,14,19)(H3,13,15,16,18). The molecule has 0 atom stereocenters. The molecule has 7 nitrogen and oxygen atoms in total. The third-order valence-corrected chi connectivity index (χ3v) is 3.10. The van der Waals surface area contributed by atoms with E-state index in [-0.39, 0.29) is 33.9 Å². The Kier molecular flexibility index (Phi) is 4.26. The summed E-state index contributed by atoms with van der Waals surface area (Å²) in [5.41, 5.74) is 5.64. The fourth-order valence-corrected chi connectivity index (χ4v) is 2.08. The summed E-state index contributed by atoms with van der Waals surface area (Å²) < 4.78 is 0. The van der Waals surface area contributed by atoms with Crippen molar-refractivity contribution in [1.29, 1.82) is 0 Å². The number of phenols is 1. The summed E-state index contributed by atoms with van der Waals surface area (Å²) in [6, 6.07) is 7.27. The number of aromatic hydroxyl groups is 1. The molecule has 0 radical (unpaired) electrons. The lowest BCUT2D eigenvalue weighted by Gasteiger charge is -2.05. The molecule has 1 heterocycles. The molecule has 0 spiro atoms. The monoisotopic (exact) mass is 292 g/mol. The van der Waals surface area contributed by atoms with Gasteiger partial charge in [0.2, 0.25) is 5.91 Å². The van der Waals surface area contributed by atoms with Gasteiger partial charge in [-0.15, -0.1) is 0 Å². The molecule has 0 aliphatic heterocycles. The second-order valence-corrected chi connectivity index (χ2v) is 4.82. The molecular weight excluding hydrogens is 280 g/mol. The third kappa shape index (κ3) is 4.02. The maximum atomic E-state index is 11.7. The average Bonchev–Trinajstić information content (AvgIpc) is 2.38. The first-order chi connectivity index (χ1) is 9.52. The first-order valence-electron chi connectivity index (χ1n) is 5.61. The quantitative estimate of drug-likeness (QED) is 0.375. The zero-order chi connectivity index (χ0) is 14.5. The van der Waals surface area contributed by atoms with E-state index < -0.39 is 0 Å².